The Morgan fingerprint density at radius 1 is 1.20 bits per heavy atom. The molecule has 10 heteroatoms. The molecular formula is H7N2O6SV. The second-order valence-electron chi connectivity index (χ2n) is 0.726. The second kappa shape index (κ2) is 5.74. The van der Waals surface area contributed by atoms with Crippen LogP contribution in [-0.4, -0.2) is 13.0 Å². The van der Waals surface area contributed by atoms with E-state index in [1.807, 2.05) is 0 Å². The Kier molecular flexibility index (Phi) is 9.47. The van der Waals surface area contributed by atoms with E-state index in [1.165, 1.54) is 0 Å². The summed E-state index contributed by atoms with van der Waals surface area (Å²) >= 11 is -4.19. The van der Waals surface area contributed by atoms with Crippen LogP contribution in [0.1, 0.15) is 0 Å². The molecule has 0 spiro atoms. The summed E-state index contributed by atoms with van der Waals surface area (Å²) in [6, 6.07) is 0. The fourth-order valence-corrected chi connectivity index (χ4v) is 0.951. The van der Waals surface area contributed by atoms with Crippen molar-refractivity contribution >= 4 is 10.4 Å². The zero-order chi connectivity index (χ0) is 6.78. The maximum absolute atomic E-state index is 9.41. The van der Waals surface area contributed by atoms with Crippen LogP contribution < -0.4 is 12.3 Å². The van der Waals surface area contributed by atoms with Gasteiger partial charge >= 0.3 is 49.2 Å². The molecule has 0 aromatic carbocycles. The molecule has 0 fully saturated rings. The fourth-order valence-electron chi connectivity index (χ4n) is 0.0769. The van der Waals surface area contributed by atoms with E-state index < -0.39 is 25.8 Å². The van der Waals surface area contributed by atoms with Crippen LogP contribution >= 0.6 is 0 Å². The average molecular weight is 214 g/mol. The second-order valence-corrected chi connectivity index (χ2v) is 3.13. The van der Waals surface area contributed by atoms with Crippen molar-refractivity contribution in [3.63, 3.8) is 0 Å². The first-order valence-electron chi connectivity index (χ1n) is 1.23. The van der Waals surface area contributed by atoms with E-state index in [1.54, 1.807) is 0 Å². The van der Waals surface area contributed by atoms with E-state index in [0.717, 1.165) is 0 Å². The minimum atomic E-state index is -4.78. The van der Waals surface area contributed by atoms with Gasteiger partial charge in [0.25, 0.3) is 0 Å². The molecule has 0 unspecified atom stereocenters. The van der Waals surface area contributed by atoms with Gasteiger partial charge in [-0.25, -0.2) is 0 Å². The van der Waals surface area contributed by atoms with E-state index in [9.17, 15) is 15.8 Å². The fraction of sp³-hybridized carbons (Fsp3) is 0. The molecule has 0 atom stereocenters. The van der Waals surface area contributed by atoms with Crippen LogP contribution in [0.15, 0.2) is 0 Å². The standard InChI is InChI=1S/2H3N.H2O4S.2O.V/c;;1-5(2,3)4;;;/h2*1H3;(H2,1,2,3,4);;;/q;;;;;+1/p-1. The Balaban J connectivity index is -0.000000245. The summed E-state index contributed by atoms with van der Waals surface area (Å²) in [6.07, 6.45) is 0. The molecule has 0 rings (SSSR count). The zero-order valence-corrected chi connectivity index (χ0v) is 6.97. The summed E-state index contributed by atoms with van der Waals surface area (Å²) < 4.78 is 48.1. The zero-order valence-electron chi connectivity index (χ0n) is 4.76. The van der Waals surface area contributed by atoms with Crippen LogP contribution in [0.5, 0.6) is 0 Å². The molecule has 0 bridgehead atoms. The van der Waals surface area contributed by atoms with Crippen LogP contribution in [0.3, 0.4) is 0 Å². The quantitative estimate of drug-likeness (QED) is 0.509. The van der Waals surface area contributed by atoms with Crippen molar-refractivity contribution in [2.24, 2.45) is 0 Å². The van der Waals surface area contributed by atoms with Crippen molar-refractivity contribution in [1.82, 2.24) is 12.3 Å². The van der Waals surface area contributed by atoms with Crippen LogP contribution in [0, 0.1) is 0 Å². The van der Waals surface area contributed by atoms with E-state index in [0.29, 0.717) is 0 Å². The molecule has 10 heavy (non-hydrogen) atoms. The van der Waals surface area contributed by atoms with Crippen LogP contribution in [0.4, 0.5) is 0 Å². The van der Waals surface area contributed by atoms with Gasteiger partial charge in [-0.3, -0.25) is 0 Å². The predicted octanol–water partition coefficient (Wildman–Crippen LogP) is -0.646. The Hall–Kier alpha value is -0.0256. The topological polar surface area (TPSA) is 168 Å². The molecule has 0 aromatic heterocycles. The van der Waals surface area contributed by atoms with E-state index >= 15 is 0 Å². The van der Waals surface area contributed by atoms with Crippen molar-refractivity contribution in [2.45, 2.75) is 0 Å². The third kappa shape index (κ3) is 15.7. The van der Waals surface area contributed by atoms with Gasteiger partial charge in [0.1, 0.15) is 0 Å². The monoisotopic (exact) mass is 214 g/mol. The van der Waals surface area contributed by atoms with Gasteiger partial charge in [0, 0.05) is 0 Å². The van der Waals surface area contributed by atoms with Crippen molar-refractivity contribution in [2.75, 3.05) is 0 Å². The molecule has 7 N–H and O–H groups in total. The van der Waals surface area contributed by atoms with Crippen molar-refractivity contribution in [1.29, 1.82) is 0 Å². The van der Waals surface area contributed by atoms with Crippen LogP contribution in [0.2, 0.25) is 0 Å². The average Bonchev–Trinajstić information content (AvgIpc) is 1.21. The molecule has 0 heterocycles. The SMILES string of the molecule is N.N.[O]=[V](=[O])[O]S(=O)(=O)O. The molecule has 0 aliphatic rings. The summed E-state index contributed by atoms with van der Waals surface area (Å²) in [5.74, 6) is 0. The third-order valence-electron chi connectivity index (χ3n) is 0.155. The van der Waals surface area contributed by atoms with E-state index in [4.69, 9.17) is 4.55 Å². The Morgan fingerprint density at radius 2 is 1.50 bits per heavy atom. The molecule has 0 amide bonds. The Labute approximate surface area is 62.0 Å². The molecule has 0 aromatic rings. The van der Waals surface area contributed by atoms with E-state index in [-0.39, 0.29) is 12.3 Å². The molecule has 8 nitrogen and oxygen atoms in total. The van der Waals surface area contributed by atoms with Crippen molar-refractivity contribution in [3.05, 3.63) is 0 Å². The maximum atomic E-state index is 9.41. The first kappa shape index (κ1) is 16.5. The molecule has 0 aliphatic carbocycles. The third-order valence-corrected chi connectivity index (χ3v) is 1.92. The van der Waals surface area contributed by atoms with Gasteiger partial charge in [-0.1, -0.05) is 0 Å². The number of hydrogen-bond donors (Lipinski definition) is 3. The van der Waals surface area contributed by atoms with Gasteiger partial charge in [-0.05, 0) is 0 Å². The van der Waals surface area contributed by atoms with Crippen LogP contribution in [0.25, 0.3) is 0 Å². The molecule has 0 saturated heterocycles. The predicted molar refractivity (Wildman–Crippen MR) is 24.1 cm³/mol. The summed E-state index contributed by atoms with van der Waals surface area (Å²) in [7, 11) is -4.78. The van der Waals surface area contributed by atoms with Gasteiger partial charge in [-0.15, -0.1) is 0 Å². The minimum absolute atomic E-state index is 0. The van der Waals surface area contributed by atoms with Crippen molar-refractivity contribution < 1.29 is 38.8 Å². The van der Waals surface area contributed by atoms with Gasteiger partial charge in [0.15, 0.2) is 0 Å². The first-order valence-corrected chi connectivity index (χ1v) is 4.31. The summed E-state index contributed by atoms with van der Waals surface area (Å²) in [6.45, 7) is 0. The molecule has 0 aliphatic heterocycles. The summed E-state index contributed by atoms with van der Waals surface area (Å²) in [5.41, 5.74) is 0. The summed E-state index contributed by atoms with van der Waals surface area (Å²) in [5, 5.41) is 0. The van der Waals surface area contributed by atoms with Crippen molar-refractivity contribution in [3.8, 4) is 0 Å². The molecular weight excluding hydrogens is 207 g/mol. The number of hydrogen-bond acceptors (Lipinski definition) is 7. The van der Waals surface area contributed by atoms with Gasteiger partial charge in [0.2, 0.25) is 0 Å². The molecule has 64 valence electrons. The van der Waals surface area contributed by atoms with Crippen LogP contribution in [-0.2, 0) is 36.3 Å². The Bertz CT molecular complexity index is 216. The normalized spacial score (nSPS) is 8.90. The van der Waals surface area contributed by atoms with E-state index in [2.05, 4.69) is 3.11 Å². The number of rotatable bonds is 2. The van der Waals surface area contributed by atoms with Gasteiger partial charge in [0.05, 0.1) is 0 Å². The molecule has 0 saturated carbocycles. The Morgan fingerprint density at radius 3 is 1.50 bits per heavy atom. The molecule has 0 radical (unpaired) electrons. The first-order chi connectivity index (χ1) is 3.42. The van der Waals surface area contributed by atoms with Gasteiger partial charge < -0.3 is 12.3 Å². The van der Waals surface area contributed by atoms with Gasteiger partial charge in [-0.2, -0.15) is 0 Å². The summed E-state index contributed by atoms with van der Waals surface area (Å²) in [4.78, 5) is 0.